The molecular weight excluding hydrogens is 574 g/mol. The van der Waals surface area contributed by atoms with Crippen molar-refractivity contribution in [3.63, 3.8) is 0 Å². The smallest absolute Gasteiger partial charge is 0.0693 e. The van der Waals surface area contributed by atoms with Gasteiger partial charge in [-0.3, -0.25) is 0 Å². The molecule has 0 saturated carbocycles. The highest BCUT2D eigenvalue weighted by Crippen LogP contribution is 2.33. The van der Waals surface area contributed by atoms with Gasteiger partial charge < -0.3 is 25.8 Å². The van der Waals surface area contributed by atoms with Gasteiger partial charge in [0.05, 0.1) is 24.2 Å². The highest BCUT2D eigenvalue weighted by molar-refractivity contribution is 5.65. The molecule has 5 heteroatoms. The number of hydrogen-bond acceptors (Lipinski definition) is 4. The minimum absolute atomic E-state index is 0.0188. The summed E-state index contributed by atoms with van der Waals surface area (Å²) < 4.78 is 0. The van der Waals surface area contributed by atoms with Crippen LogP contribution in [0.2, 0.25) is 0 Å². The average molecular weight is 628 g/mol. The van der Waals surface area contributed by atoms with E-state index in [4.69, 9.17) is 6.58 Å². The van der Waals surface area contributed by atoms with Crippen LogP contribution in [0.1, 0.15) is 61.6 Å². The lowest BCUT2D eigenvalue weighted by Crippen LogP contribution is -2.50. The summed E-state index contributed by atoms with van der Waals surface area (Å²) in [6.07, 6.45) is 15.0. The second-order valence-corrected chi connectivity index (χ2v) is 13.2. The molecule has 5 rings (SSSR count). The summed E-state index contributed by atoms with van der Waals surface area (Å²) >= 11 is 0. The third kappa shape index (κ3) is 8.40. The lowest BCUT2D eigenvalue weighted by Gasteiger charge is -2.39. The number of rotatable bonds is 9. The molecule has 2 aliphatic heterocycles. The molecule has 47 heavy (non-hydrogen) atoms. The topological polar surface area (TPSA) is 55.1 Å². The highest BCUT2D eigenvalue weighted by Gasteiger charge is 2.36. The predicted molar refractivity (Wildman–Crippen MR) is 200 cm³/mol. The van der Waals surface area contributed by atoms with Crippen LogP contribution in [0, 0.1) is 5.92 Å². The first-order valence-corrected chi connectivity index (χ1v) is 17.1. The molecule has 3 aromatic rings. The van der Waals surface area contributed by atoms with Gasteiger partial charge in [0, 0.05) is 46.8 Å². The lowest BCUT2D eigenvalue weighted by atomic mass is 9.96. The summed E-state index contributed by atoms with van der Waals surface area (Å²) in [7, 11) is 0. The van der Waals surface area contributed by atoms with Crippen molar-refractivity contribution in [2.75, 3.05) is 6.54 Å². The molecule has 4 N–H and O–H groups in total. The Balaban J connectivity index is 1.49. The molecule has 2 aromatic carbocycles. The second-order valence-electron chi connectivity index (χ2n) is 13.2. The molecule has 3 heterocycles. The van der Waals surface area contributed by atoms with Crippen LogP contribution in [0.4, 0.5) is 0 Å². The van der Waals surface area contributed by atoms with Gasteiger partial charge in [0.15, 0.2) is 0 Å². The molecule has 2 aliphatic rings. The van der Waals surface area contributed by atoms with E-state index in [2.05, 4.69) is 158 Å². The van der Waals surface area contributed by atoms with Crippen molar-refractivity contribution in [3.05, 3.63) is 156 Å². The Bertz CT molecular complexity index is 1590. The minimum atomic E-state index is -0.0619. The number of benzene rings is 2. The summed E-state index contributed by atoms with van der Waals surface area (Å²) in [5.74, 6) is 0.530. The zero-order chi connectivity index (χ0) is 33.3. The summed E-state index contributed by atoms with van der Waals surface area (Å²) in [4.78, 5) is 5.96. The maximum absolute atomic E-state index is 4.74. The van der Waals surface area contributed by atoms with Crippen LogP contribution in [-0.4, -0.2) is 40.6 Å². The highest BCUT2D eigenvalue weighted by atomic mass is 15.2. The Morgan fingerprint density at radius 2 is 1.32 bits per heavy atom. The van der Waals surface area contributed by atoms with Gasteiger partial charge in [-0.25, -0.2) is 0 Å². The van der Waals surface area contributed by atoms with Gasteiger partial charge in [-0.15, -0.1) is 0 Å². The molecule has 0 spiro atoms. The predicted octanol–water partition coefficient (Wildman–Crippen LogP) is 8.15. The zero-order valence-corrected chi connectivity index (χ0v) is 28.6. The molecule has 0 aliphatic carbocycles. The summed E-state index contributed by atoms with van der Waals surface area (Å²) in [6.45, 7) is 26.1. The molecule has 2 saturated heterocycles. The van der Waals surface area contributed by atoms with Crippen LogP contribution in [0.15, 0.2) is 128 Å². The van der Waals surface area contributed by atoms with Crippen molar-refractivity contribution >= 4 is 12.2 Å². The Kier molecular flexibility index (Phi) is 11.3. The number of allylic oxidation sites excluding steroid dienone is 2. The number of nitrogens with zero attached hydrogens (tertiary/aromatic N) is 1. The number of H-pyrrole nitrogens is 1. The van der Waals surface area contributed by atoms with Gasteiger partial charge in [0.2, 0.25) is 0 Å². The fourth-order valence-corrected chi connectivity index (χ4v) is 7.08. The first kappa shape index (κ1) is 33.7. The van der Waals surface area contributed by atoms with Crippen LogP contribution >= 0.6 is 0 Å². The van der Waals surface area contributed by atoms with E-state index in [-0.39, 0.29) is 24.2 Å². The van der Waals surface area contributed by atoms with Gasteiger partial charge in [0.1, 0.15) is 0 Å². The van der Waals surface area contributed by atoms with E-state index in [9.17, 15) is 0 Å². The number of aromatic amines is 1. The van der Waals surface area contributed by atoms with E-state index < -0.39 is 0 Å². The fourth-order valence-electron chi connectivity index (χ4n) is 7.08. The SMILES string of the molecule is C=C1NC(Cc2ccccc2)C(=C)N2CC(C)CC2C(=C)NC(Cc2ccccc2)C(=C)NC1CCc1c[nH]c(/C=C\C)c1/C=C\C. The molecule has 5 unspecified atom stereocenters. The van der Waals surface area contributed by atoms with Crippen LogP contribution in [0.5, 0.6) is 0 Å². The fraction of sp³-hybridized carbons (Fsp3) is 0.333. The quantitative estimate of drug-likeness (QED) is 0.193. The van der Waals surface area contributed by atoms with Crippen molar-refractivity contribution in [3.8, 4) is 0 Å². The van der Waals surface area contributed by atoms with E-state index in [0.717, 1.165) is 67.1 Å². The van der Waals surface area contributed by atoms with Gasteiger partial charge in [0.25, 0.3) is 0 Å². The number of aryl methyl sites for hydroxylation is 1. The number of nitrogens with one attached hydrogen (secondary N) is 4. The Labute approximate surface area is 283 Å². The largest absolute Gasteiger partial charge is 0.379 e. The average Bonchev–Trinajstić information content (AvgIpc) is 3.65. The second kappa shape index (κ2) is 15.8. The van der Waals surface area contributed by atoms with Gasteiger partial charge in [-0.05, 0) is 74.6 Å². The summed E-state index contributed by atoms with van der Waals surface area (Å²) in [5, 5.41) is 11.6. The van der Waals surface area contributed by atoms with E-state index in [1.54, 1.807) is 0 Å². The monoisotopic (exact) mass is 627 g/mol. The molecule has 2 fully saturated rings. The molecule has 0 amide bonds. The summed E-state index contributed by atoms with van der Waals surface area (Å²) in [5.41, 5.74) is 10.2. The van der Waals surface area contributed by atoms with Crippen molar-refractivity contribution < 1.29 is 0 Å². The summed E-state index contributed by atoms with van der Waals surface area (Å²) in [6, 6.07) is 21.3. The van der Waals surface area contributed by atoms with Gasteiger partial charge >= 0.3 is 0 Å². The maximum Gasteiger partial charge on any atom is 0.0693 e. The molecule has 0 radical (unpaired) electrons. The molecule has 1 aromatic heterocycles. The Morgan fingerprint density at radius 1 is 0.745 bits per heavy atom. The standard InChI is InChI=1S/C42H53N5/c1-8-16-37-36(27-43-39(37)17-9-2)22-23-38-30(4)45-41(26-35-20-14-11-15-21-35)33(7)47-28-29(3)24-42(47)32(6)46-40(31(5)44-38)25-34-18-12-10-13-19-34/h8-21,27,29,38,40-46H,4-7,22-26,28H2,1-3H3/b16-8-,17-9-. The van der Waals surface area contributed by atoms with Crippen LogP contribution in [-0.2, 0) is 19.3 Å². The van der Waals surface area contributed by atoms with Crippen LogP contribution in [0.25, 0.3) is 12.2 Å². The van der Waals surface area contributed by atoms with E-state index in [1.807, 2.05) is 0 Å². The third-order valence-electron chi connectivity index (χ3n) is 9.58. The molecular formula is C42H53N5. The molecule has 246 valence electrons. The molecule has 5 atom stereocenters. The Morgan fingerprint density at radius 3 is 1.96 bits per heavy atom. The van der Waals surface area contributed by atoms with E-state index in [1.165, 1.54) is 22.3 Å². The maximum atomic E-state index is 4.74. The number of fused-ring (bicyclic) bond motifs is 1. The molecule has 0 bridgehead atoms. The van der Waals surface area contributed by atoms with Crippen molar-refractivity contribution in [1.82, 2.24) is 25.8 Å². The normalized spacial score (nSPS) is 24.1. The van der Waals surface area contributed by atoms with Crippen molar-refractivity contribution in [1.29, 1.82) is 0 Å². The van der Waals surface area contributed by atoms with Crippen LogP contribution in [0.3, 0.4) is 0 Å². The molecule has 5 nitrogen and oxygen atoms in total. The lowest BCUT2D eigenvalue weighted by molar-refractivity contribution is 0.300. The third-order valence-corrected chi connectivity index (χ3v) is 9.58. The van der Waals surface area contributed by atoms with Gasteiger partial charge in [-0.2, -0.15) is 0 Å². The number of aromatic nitrogens is 1. The minimum Gasteiger partial charge on any atom is -0.379 e. The zero-order valence-electron chi connectivity index (χ0n) is 28.6. The van der Waals surface area contributed by atoms with Crippen LogP contribution < -0.4 is 16.0 Å². The first-order valence-electron chi connectivity index (χ1n) is 17.1. The van der Waals surface area contributed by atoms with Crippen molar-refractivity contribution in [2.45, 2.75) is 77.0 Å². The van der Waals surface area contributed by atoms with E-state index >= 15 is 0 Å². The van der Waals surface area contributed by atoms with Crippen molar-refractivity contribution in [2.24, 2.45) is 5.92 Å². The number of hydrogen-bond donors (Lipinski definition) is 4. The first-order chi connectivity index (χ1) is 22.8. The Hall–Kier alpha value is -4.64. The van der Waals surface area contributed by atoms with E-state index in [0.29, 0.717) is 5.92 Å². The van der Waals surface area contributed by atoms with Gasteiger partial charge in [-0.1, -0.05) is 112 Å².